The van der Waals surface area contributed by atoms with Crippen LogP contribution in [0.15, 0.2) is 34.1 Å². The Balaban J connectivity index is 2.22. The molecule has 5 heteroatoms. The van der Waals surface area contributed by atoms with Crippen LogP contribution in [-0.2, 0) is 5.41 Å². The van der Waals surface area contributed by atoms with Gasteiger partial charge in [0.2, 0.25) is 11.7 Å². The van der Waals surface area contributed by atoms with Crippen LogP contribution in [0.2, 0.25) is 0 Å². The molecule has 0 amide bonds. The van der Waals surface area contributed by atoms with Crippen molar-refractivity contribution in [3.8, 4) is 11.5 Å². The van der Waals surface area contributed by atoms with Crippen LogP contribution in [0, 0.1) is 0 Å². The SMILES string of the molecule is CC(C)(C)c1nc(-c2csc3ccccc23)oc1C(=O)O. The Morgan fingerprint density at radius 3 is 2.62 bits per heavy atom. The van der Waals surface area contributed by atoms with Crippen molar-refractivity contribution in [2.75, 3.05) is 0 Å². The van der Waals surface area contributed by atoms with Gasteiger partial charge in [-0.3, -0.25) is 0 Å². The second-order valence-electron chi connectivity index (χ2n) is 5.90. The molecule has 1 aromatic carbocycles. The summed E-state index contributed by atoms with van der Waals surface area (Å²) >= 11 is 1.59. The summed E-state index contributed by atoms with van der Waals surface area (Å²) in [7, 11) is 0. The fourth-order valence-corrected chi connectivity index (χ4v) is 3.17. The van der Waals surface area contributed by atoms with E-state index in [1.807, 2.05) is 50.4 Å². The third kappa shape index (κ3) is 2.34. The quantitative estimate of drug-likeness (QED) is 0.754. The van der Waals surface area contributed by atoms with Crippen molar-refractivity contribution in [3.05, 3.63) is 41.1 Å². The predicted octanol–water partition coefficient (Wildman–Crippen LogP) is 4.55. The van der Waals surface area contributed by atoms with Crippen LogP contribution in [0.25, 0.3) is 21.5 Å². The maximum atomic E-state index is 11.4. The minimum absolute atomic E-state index is 0.0761. The van der Waals surface area contributed by atoms with Gasteiger partial charge in [-0.15, -0.1) is 11.3 Å². The number of carboxylic acid groups (broad SMARTS) is 1. The molecule has 0 spiro atoms. The monoisotopic (exact) mass is 301 g/mol. The molecule has 2 aromatic heterocycles. The van der Waals surface area contributed by atoms with Crippen molar-refractivity contribution < 1.29 is 14.3 Å². The summed E-state index contributed by atoms with van der Waals surface area (Å²) in [6, 6.07) is 7.93. The van der Waals surface area contributed by atoms with E-state index >= 15 is 0 Å². The third-order valence-corrected chi connectivity index (χ3v) is 4.21. The molecule has 0 saturated heterocycles. The highest BCUT2D eigenvalue weighted by molar-refractivity contribution is 7.17. The van der Waals surface area contributed by atoms with E-state index in [-0.39, 0.29) is 11.2 Å². The fraction of sp³-hybridized carbons (Fsp3) is 0.250. The smallest absolute Gasteiger partial charge is 0.373 e. The minimum Gasteiger partial charge on any atom is -0.475 e. The molecule has 0 bridgehead atoms. The van der Waals surface area contributed by atoms with Crippen molar-refractivity contribution in [1.82, 2.24) is 4.98 Å². The Kier molecular flexibility index (Phi) is 3.10. The number of thiophene rings is 1. The number of benzene rings is 1. The summed E-state index contributed by atoms with van der Waals surface area (Å²) in [6.45, 7) is 5.77. The zero-order chi connectivity index (χ0) is 15.2. The number of hydrogen-bond donors (Lipinski definition) is 1. The van der Waals surface area contributed by atoms with Crippen LogP contribution in [0.1, 0.15) is 37.0 Å². The highest BCUT2D eigenvalue weighted by Gasteiger charge is 2.29. The van der Waals surface area contributed by atoms with Gasteiger partial charge in [0.15, 0.2) is 0 Å². The molecule has 3 aromatic rings. The first-order chi connectivity index (χ1) is 9.88. The van der Waals surface area contributed by atoms with E-state index in [1.54, 1.807) is 11.3 Å². The Morgan fingerprint density at radius 2 is 2.00 bits per heavy atom. The van der Waals surface area contributed by atoms with E-state index in [9.17, 15) is 9.90 Å². The normalized spacial score (nSPS) is 12.0. The molecule has 21 heavy (non-hydrogen) atoms. The van der Waals surface area contributed by atoms with E-state index in [4.69, 9.17) is 4.42 Å². The van der Waals surface area contributed by atoms with E-state index < -0.39 is 5.97 Å². The minimum atomic E-state index is -1.08. The van der Waals surface area contributed by atoms with E-state index in [0.29, 0.717) is 11.6 Å². The predicted molar refractivity (Wildman–Crippen MR) is 83.0 cm³/mol. The third-order valence-electron chi connectivity index (χ3n) is 3.24. The molecule has 0 saturated carbocycles. The Hall–Kier alpha value is -2.14. The lowest BCUT2D eigenvalue weighted by Crippen LogP contribution is -2.16. The zero-order valence-electron chi connectivity index (χ0n) is 12.0. The summed E-state index contributed by atoms with van der Waals surface area (Å²) in [5.74, 6) is -0.791. The molecular formula is C16H15NO3S. The summed E-state index contributed by atoms with van der Waals surface area (Å²) in [5, 5.41) is 12.3. The molecule has 2 heterocycles. The number of aromatic carboxylic acids is 1. The standard InChI is InChI=1S/C16H15NO3S/c1-16(2,3)13-12(15(18)19)20-14(17-13)10-8-21-11-7-5-4-6-9(10)11/h4-8H,1-3H3,(H,18,19). The molecule has 1 N–H and O–H groups in total. The number of nitrogens with zero attached hydrogens (tertiary/aromatic N) is 1. The van der Waals surface area contributed by atoms with Crippen molar-refractivity contribution in [3.63, 3.8) is 0 Å². The average Bonchev–Trinajstić information content (AvgIpc) is 3.01. The average molecular weight is 301 g/mol. The first-order valence-corrected chi connectivity index (χ1v) is 7.47. The number of carbonyl (C=O) groups is 1. The maximum absolute atomic E-state index is 11.4. The number of oxazole rings is 1. The second-order valence-corrected chi connectivity index (χ2v) is 6.81. The van der Waals surface area contributed by atoms with Gasteiger partial charge >= 0.3 is 5.97 Å². The number of carboxylic acids is 1. The van der Waals surface area contributed by atoms with Crippen LogP contribution in [0.5, 0.6) is 0 Å². The summed E-state index contributed by atoms with van der Waals surface area (Å²) in [6.07, 6.45) is 0. The molecule has 0 aliphatic rings. The largest absolute Gasteiger partial charge is 0.475 e. The lowest BCUT2D eigenvalue weighted by molar-refractivity contribution is 0.0659. The van der Waals surface area contributed by atoms with Crippen LogP contribution in [0.4, 0.5) is 0 Å². The van der Waals surface area contributed by atoms with Gasteiger partial charge < -0.3 is 9.52 Å². The summed E-state index contributed by atoms with van der Waals surface area (Å²) in [4.78, 5) is 15.8. The van der Waals surface area contributed by atoms with Crippen molar-refractivity contribution in [1.29, 1.82) is 0 Å². The Bertz CT molecular complexity index is 824. The summed E-state index contributed by atoms with van der Waals surface area (Å²) in [5.41, 5.74) is 0.926. The number of rotatable bonds is 2. The molecule has 0 fully saturated rings. The first kappa shape index (κ1) is 13.8. The van der Waals surface area contributed by atoms with Gasteiger partial charge in [-0.05, 0) is 6.07 Å². The second kappa shape index (κ2) is 4.70. The van der Waals surface area contributed by atoms with Crippen LogP contribution < -0.4 is 0 Å². The number of hydrogen-bond acceptors (Lipinski definition) is 4. The lowest BCUT2D eigenvalue weighted by Gasteiger charge is -2.14. The summed E-state index contributed by atoms with van der Waals surface area (Å²) < 4.78 is 6.68. The lowest BCUT2D eigenvalue weighted by atomic mass is 9.91. The molecule has 0 atom stereocenters. The molecular weight excluding hydrogens is 286 g/mol. The highest BCUT2D eigenvalue weighted by atomic mass is 32.1. The number of aromatic nitrogens is 1. The van der Waals surface area contributed by atoms with Gasteiger partial charge in [0, 0.05) is 20.9 Å². The van der Waals surface area contributed by atoms with Gasteiger partial charge in [0.05, 0.1) is 5.56 Å². The van der Waals surface area contributed by atoms with Crippen molar-refractivity contribution in [2.45, 2.75) is 26.2 Å². The molecule has 108 valence electrons. The van der Waals surface area contributed by atoms with E-state index in [1.165, 1.54) is 0 Å². The Morgan fingerprint density at radius 1 is 1.29 bits per heavy atom. The molecule has 3 rings (SSSR count). The maximum Gasteiger partial charge on any atom is 0.373 e. The zero-order valence-corrected chi connectivity index (χ0v) is 12.8. The van der Waals surface area contributed by atoms with Gasteiger partial charge in [0.25, 0.3) is 0 Å². The molecule has 4 nitrogen and oxygen atoms in total. The van der Waals surface area contributed by atoms with Crippen molar-refractivity contribution >= 4 is 27.4 Å². The first-order valence-electron chi connectivity index (χ1n) is 6.59. The van der Waals surface area contributed by atoms with Gasteiger partial charge in [-0.25, -0.2) is 9.78 Å². The van der Waals surface area contributed by atoms with E-state index in [2.05, 4.69) is 4.98 Å². The van der Waals surface area contributed by atoms with Crippen LogP contribution in [-0.4, -0.2) is 16.1 Å². The molecule has 0 aliphatic carbocycles. The molecule has 0 unspecified atom stereocenters. The van der Waals surface area contributed by atoms with Gasteiger partial charge in [-0.1, -0.05) is 39.0 Å². The van der Waals surface area contributed by atoms with E-state index in [0.717, 1.165) is 15.6 Å². The molecule has 0 radical (unpaired) electrons. The fourth-order valence-electron chi connectivity index (χ4n) is 2.23. The molecule has 0 aliphatic heterocycles. The Labute approximate surface area is 126 Å². The van der Waals surface area contributed by atoms with Gasteiger partial charge in [-0.2, -0.15) is 0 Å². The van der Waals surface area contributed by atoms with Crippen LogP contribution in [0.3, 0.4) is 0 Å². The highest BCUT2D eigenvalue weighted by Crippen LogP contribution is 2.36. The number of fused-ring (bicyclic) bond motifs is 1. The van der Waals surface area contributed by atoms with Gasteiger partial charge in [0.1, 0.15) is 5.69 Å². The van der Waals surface area contributed by atoms with Crippen molar-refractivity contribution in [2.24, 2.45) is 0 Å². The van der Waals surface area contributed by atoms with Crippen LogP contribution >= 0.6 is 11.3 Å². The topological polar surface area (TPSA) is 63.3 Å².